The molecular weight excluding hydrogens is 1750 g/mol. The third-order valence-electron chi connectivity index (χ3n) is 22.3. The highest BCUT2D eigenvalue weighted by molar-refractivity contribution is 7.12. The number of nitrogens with one attached hydrogen (secondary N) is 8. The van der Waals surface area contributed by atoms with Crippen LogP contribution in [-0.2, 0) is 68.6 Å². The number of carboxylic acid groups (broad SMARTS) is 1. The van der Waals surface area contributed by atoms with Crippen LogP contribution in [0.15, 0.2) is 115 Å². The summed E-state index contributed by atoms with van der Waals surface area (Å²) in [5, 5.41) is 160. The van der Waals surface area contributed by atoms with Crippen molar-refractivity contribution < 1.29 is 138 Å². The van der Waals surface area contributed by atoms with E-state index in [9.17, 15) is 75.7 Å². The normalized spacial score (nSPS) is 29.6. The van der Waals surface area contributed by atoms with Crippen molar-refractivity contribution in [3.8, 4) is 57.1 Å². The molecule has 127 heavy (non-hydrogen) atoms. The van der Waals surface area contributed by atoms with Crippen LogP contribution in [-0.4, -0.2) is 238 Å². The maximum Gasteiger partial charge on any atom is 0.330 e. The lowest BCUT2D eigenvalue weighted by Crippen LogP contribution is -2.65. The number of primary amides is 1. The average molecular weight is 1840 g/mol. The predicted octanol–water partition coefficient (Wildman–Crippen LogP) is 2.61. The van der Waals surface area contributed by atoms with E-state index in [1.54, 1.807) is 26.0 Å². The zero-order valence-electron chi connectivity index (χ0n) is 68.2. The van der Waals surface area contributed by atoms with Gasteiger partial charge >= 0.3 is 5.97 Å². The number of carbonyl (C=O) groups is 8. The first-order valence-corrected chi connectivity index (χ1v) is 42.1. The number of thiophene rings is 1. The molecule has 42 heteroatoms. The minimum absolute atomic E-state index is 0.130. The van der Waals surface area contributed by atoms with Gasteiger partial charge in [0, 0.05) is 62.6 Å². The summed E-state index contributed by atoms with van der Waals surface area (Å²) < 4.78 is 51.3. The van der Waals surface area contributed by atoms with Crippen molar-refractivity contribution in [2.24, 2.45) is 17.4 Å². The first-order chi connectivity index (χ1) is 60.3. The van der Waals surface area contributed by atoms with Crippen LogP contribution in [0, 0.1) is 5.92 Å². The van der Waals surface area contributed by atoms with Crippen LogP contribution in [0.5, 0.6) is 46.0 Å². The molecule has 0 aliphatic carbocycles. The lowest BCUT2D eigenvalue weighted by Gasteiger charge is -2.46. The van der Waals surface area contributed by atoms with Gasteiger partial charge in [0.1, 0.15) is 120 Å². The van der Waals surface area contributed by atoms with Crippen LogP contribution in [0.4, 0.5) is 0 Å². The number of hydrogen-bond acceptors (Lipinski definition) is 31. The van der Waals surface area contributed by atoms with Crippen LogP contribution in [0.25, 0.3) is 23.3 Å². The number of aromatic hydroxyl groups is 3. The Labute approximate surface area is 743 Å². The van der Waals surface area contributed by atoms with Gasteiger partial charge in [-0.05, 0) is 146 Å². The fourth-order valence-corrected chi connectivity index (χ4v) is 17.1. The fraction of sp³-hybridized carbons (Fsp3) is 0.412. The summed E-state index contributed by atoms with van der Waals surface area (Å²) in [5.74, 6) is -16.7. The molecule has 15 rings (SSSR count). The molecule has 9 heterocycles. The number of likely N-dealkylation sites (N-methyl/N-ethyl adjacent to an activating group) is 1. The molecule has 8 aliphatic heterocycles. The summed E-state index contributed by atoms with van der Waals surface area (Å²) in [6.45, 7) is 5.50. The smallest absolute Gasteiger partial charge is 0.330 e. The van der Waals surface area contributed by atoms with E-state index in [4.69, 9.17) is 84.2 Å². The SMILES string of the molecule is CN[C@H](CC(C)C)C(=O)NC1C(=O)N[C@@H](CC(N)=O)C(=O)N[C@H]2C(=O)N[C@H]3C(=O)N[C@H](C(=O)NC(C(=O)O)c4cc(O)cc(O)c4-c4cc3ccc4O)[C@H](O[C@H]3C[C@](C)(N)[C@@H](O)[C@H](C)O3)c3ccc(c(Cl)c3)Oc3cc2cc(c3O[C@@H]2O[C@H](CO)[C@@H](O[C@@H]3O[C@H](CNCc4ccc(/C=C/c5ccc(Cl)cc5)s4)[C@H](O)[C@H](O)[C@H]3O)[C@H](O)[C@H]2O)Oc2ccc(cc2Cl)[C@H]1O. The molecule has 8 aliphatic rings. The number of aliphatic hydroxyl groups excluding tert-OH is 8. The molecule has 3 fully saturated rings. The number of phenolic OH excluding ortho intramolecular Hbond substituents is 3. The highest BCUT2D eigenvalue weighted by atomic mass is 35.5. The molecule has 6 aromatic carbocycles. The minimum Gasteiger partial charge on any atom is -0.508 e. The summed E-state index contributed by atoms with van der Waals surface area (Å²) in [7, 11) is 1.46. The van der Waals surface area contributed by atoms with E-state index in [1.807, 2.05) is 36.4 Å². The molecule has 7 amide bonds. The zero-order chi connectivity index (χ0) is 91.6. The second-order valence-corrected chi connectivity index (χ2v) is 34.6. The van der Waals surface area contributed by atoms with Gasteiger partial charge in [-0.15, -0.1) is 11.3 Å². The molecule has 0 saturated carbocycles. The summed E-state index contributed by atoms with van der Waals surface area (Å²) in [5.41, 5.74) is 8.91. The van der Waals surface area contributed by atoms with Crippen molar-refractivity contribution in [1.82, 2.24) is 42.5 Å². The molecule has 23 atom stereocenters. The first kappa shape index (κ1) is 94.2. The maximum atomic E-state index is 16.4. The molecular formula is C85H95Cl3N10O28S. The Morgan fingerprint density at radius 3 is 1.94 bits per heavy atom. The number of nitrogens with two attached hydrogens (primary N) is 2. The zero-order valence-corrected chi connectivity index (χ0v) is 71.3. The Balaban J connectivity index is 0.954. The fourth-order valence-electron chi connectivity index (χ4n) is 15.7. The summed E-state index contributed by atoms with van der Waals surface area (Å²) >= 11 is 22.0. The van der Waals surface area contributed by atoms with Gasteiger partial charge in [-0.2, -0.15) is 0 Å². The number of phenols is 3. The molecule has 0 radical (unpaired) electrons. The Morgan fingerprint density at radius 1 is 0.661 bits per heavy atom. The standard InChI is InChI=1S/C85H95Cl3N10O28S/c1-33(2)20-48(91-5)76(111)97-64-66(104)37-10-18-52(46(87)22-37)120-54-24-39-25-55(73(54)125-84-71(109)69(107)74(57(32-99)123-84)126-83-70(108)68(106)67(105)56(122-83)31-92-30-43-16-15-42(127-43)14-8-35-6-12-40(86)13-7-35)121-53-19-11-38(23-47(53)88)72(124-59-29-85(4,90)75(110)34(3)119-59)65-81(116)96-63(82(117)118)45-26-41(100)27-51(102)60(45)44-21-36(9-17-50(44)101)61(78(113)98-65)95-79(114)62(39)94-77(112)49(28-58(89)103)93-80(64)115/h6-19,21-27,33-34,48-49,56-57,59,61-72,74-75,83-84,91-92,99-102,104-110H,20,28-32,90H2,1-5H3,(H2,89,103)(H,93,115)(H,94,112)(H,95,114)(H,96,116)(H,97,111)(H,98,113)(H,117,118)/b14-8+/t34-,48+,49-,56+,57+,59-,61+,62+,63?,64?,65-,66+,67-,68-,69+,70+,71+,72+,74+,75-,83-,84-,85-/m0/s1. The van der Waals surface area contributed by atoms with Crippen LogP contribution < -0.4 is 68.2 Å². The van der Waals surface area contributed by atoms with Crippen molar-refractivity contribution in [3.63, 3.8) is 0 Å². The Kier molecular flexibility index (Phi) is 29.4. The summed E-state index contributed by atoms with van der Waals surface area (Å²) in [4.78, 5) is 122. The van der Waals surface area contributed by atoms with E-state index >= 15 is 24.0 Å². The predicted molar refractivity (Wildman–Crippen MR) is 451 cm³/mol. The number of aliphatic carboxylic acids is 1. The molecule has 1 aromatic heterocycles. The molecule has 0 spiro atoms. The number of carboxylic acids is 1. The second kappa shape index (κ2) is 39.7. The van der Waals surface area contributed by atoms with E-state index in [-0.39, 0.29) is 43.0 Å². The summed E-state index contributed by atoms with van der Waals surface area (Å²) in [6.07, 6.45) is -25.3. The number of ether oxygens (including phenoxy) is 8. The van der Waals surface area contributed by atoms with Gasteiger partial charge in [0.05, 0.1) is 41.3 Å². The third kappa shape index (κ3) is 21.1. The van der Waals surface area contributed by atoms with Gasteiger partial charge in [0.25, 0.3) is 0 Å². The van der Waals surface area contributed by atoms with E-state index in [1.165, 1.54) is 44.4 Å². The van der Waals surface area contributed by atoms with Crippen molar-refractivity contribution in [2.75, 3.05) is 20.2 Å². The molecule has 11 bridgehead atoms. The second-order valence-electron chi connectivity index (χ2n) is 32.2. The van der Waals surface area contributed by atoms with Gasteiger partial charge in [-0.25, -0.2) is 4.79 Å². The van der Waals surface area contributed by atoms with Crippen molar-refractivity contribution in [1.29, 1.82) is 0 Å². The number of rotatable bonds is 21. The summed E-state index contributed by atoms with van der Waals surface area (Å²) in [6, 6.07) is 10.0. The monoisotopic (exact) mass is 1840 g/mol. The molecule has 7 aromatic rings. The van der Waals surface area contributed by atoms with E-state index in [2.05, 4.69) is 42.5 Å². The minimum atomic E-state index is -2.43. The highest BCUT2D eigenvalue weighted by Crippen LogP contribution is 2.50. The topological polar surface area (TPSA) is 601 Å². The molecule has 38 nitrogen and oxygen atoms in total. The van der Waals surface area contributed by atoms with Crippen molar-refractivity contribution >= 4 is 106 Å². The van der Waals surface area contributed by atoms with Crippen LogP contribution in [0.2, 0.25) is 15.1 Å². The Morgan fingerprint density at radius 2 is 1.30 bits per heavy atom. The number of aliphatic hydroxyl groups is 8. The number of hydrogen-bond donors (Lipinski definition) is 22. The molecule has 2 unspecified atom stereocenters. The maximum absolute atomic E-state index is 16.4. The van der Waals surface area contributed by atoms with E-state index in [0.717, 1.165) is 82.0 Å². The largest absolute Gasteiger partial charge is 0.508 e. The Hall–Kier alpha value is -10.5. The highest BCUT2D eigenvalue weighted by Gasteiger charge is 2.53. The third-order valence-corrected chi connectivity index (χ3v) is 24.2. The van der Waals surface area contributed by atoms with Crippen LogP contribution >= 0.6 is 46.1 Å². The Bertz CT molecular complexity index is 5320. The van der Waals surface area contributed by atoms with Crippen LogP contribution in [0.3, 0.4) is 0 Å². The van der Waals surface area contributed by atoms with E-state index < -0.39 is 284 Å². The van der Waals surface area contributed by atoms with Gasteiger partial charge < -0.3 is 153 Å². The van der Waals surface area contributed by atoms with E-state index in [0.29, 0.717) is 5.02 Å². The first-order valence-electron chi connectivity index (χ1n) is 40.1. The van der Waals surface area contributed by atoms with Crippen molar-refractivity contribution in [3.05, 3.63) is 173 Å². The van der Waals surface area contributed by atoms with Gasteiger partial charge in [0.2, 0.25) is 53.4 Å². The van der Waals surface area contributed by atoms with Crippen molar-refractivity contribution in [2.45, 2.75) is 193 Å². The number of benzene rings is 6. The molecule has 24 N–H and O–H groups in total. The number of carbonyl (C=O) groups excluding carboxylic acids is 7. The molecule has 680 valence electrons. The molecule has 3 saturated heterocycles. The van der Waals surface area contributed by atoms with Gasteiger partial charge in [-0.3, -0.25) is 33.6 Å². The van der Waals surface area contributed by atoms with Gasteiger partial charge in [-0.1, -0.05) is 85.1 Å². The van der Waals surface area contributed by atoms with Crippen LogP contribution in [0.1, 0.15) is 120 Å². The lowest BCUT2D eigenvalue weighted by atomic mass is 9.86. The lowest BCUT2D eigenvalue weighted by molar-refractivity contribution is -0.350. The number of fused-ring (bicyclic) bond motifs is 15. The number of halogens is 3. The van der Waals surface area contributed by atoms with Gasteiger partial charge in [0.15, 0.2) is 30.1 Å². The number of amides is 7. The average Bonchev–Trinajstić information content (AvgIpc) is 1.23. The quantitative estimate of drug-likeness (QED) is 0.0491.